The van der Waals surface area contributed by atoms with Gasteiger partial charge in [-0.3, -0.25) is 0 Å². The van der Waals surface area contributed by atoms with Crippen molar-refractivity contribution in [3.63, 3.8) is 0 Å². The lowest BCUT2D eigenvalue weighted by atomic mass is 10.0. The van der Waals surface area contributed by atoms with E-state index in [0.717, 1.165) is 52.4 Å². The smallest absolute Gasteiger partial charge is 0.133 e. The van der Waals surface area contributed by atoms with Crippen molar-refractivity contribution in [3.05, 3.63) is 69.8 Å². The van der Waals surface area contributed by atoms with Crippen molar-refractivity contribution in [3.8, 4) is 11.4 Å². The normalized spacial score (nSPS) is 12.8. The maximum absolute atomic E-state index is 5.49. The number of nitrogens with zero attached hydrogens (tertiary/aromatic N) is 2. The highest BCUT2D eigenvalue weighted by molar-refractivity contribution is 9.10. The van der Waals surface area contributed by atoms with Crippen LogP contribution in [0.4, 0.5) is 5.82 Å². The van der Waals surface area contributed by atoms with Gasteiger partial charge in [0, 0.05) is 28.6 Å². The fourth-order valence-corrected chi connectivity index (χ4v) is 3.60. The summed E-state index contributed by atoms with van der Waals surface area (Å²) in [5, 5.41) is 8.37. The van der Waals surface area contributed by atoms with Gasteiger partial charge in [0.2, 0.25) is 0 Å². The van der Waals surface area contributed by atoms with Gasteiger partial charge in [-0.15, -0.1) is 0 Å². The van der Waals surface area contributed by atoms with Gasteiger partial charge in [-0.05, 0) is 30.7 Å². The fraction of sp³-hybridized carbons (Fsp3) is 0.211. The molecule has 0 aliphatic carbocycles. The van der Waals surface area contributed by atoms with Gasteiger partial charge >= 0.3 is 0 Å². The number of hydrogen-bond acceptors (Lipinski definition) is 3. The quantitative estimate of drug-likeness (QED) is 0.733. The molecule has 0 saturated carbocycles. The SMILES string of the molecule is COc1ccccc1Cc1nn(-c2cccc(Br)c2)c2c1CCN2. The van der Waals surface area contributed by atoms with Crippen LogP contribution in [-0.2, 0) is 12.8 Å². The van der Waals surface area contributed by atoms with Crippen molar-refractivity contribution in [2.24, 2.45) is 0 Å². The Bertz CT molecular complexity index is 888. The first-order valence-corrected chi connectivity index (χ1v) is 8.78. The Morgan fingerprint density at radius 3 is 2.92 bits per heavy atom. The third-order valence-corrected chi connectivity index (χ3v) is 4.83. The number of halogens is 1. The second-order valence-corrected chi connectivity index (χ2v) is 6.75. The van der Waals surface area contributed by atoms with Crippen LogP contribution in [0.5, 0.6) is 5.75 Å². The lowest BCUT2D eigenvalue weighted by Gasteiger charge is -2.08. The Labute approximate surface area is 149 Å². The number of fused-ring (bicyclic) bond motifs is 1. The van der Waals surface area contributed by atoms with E-state index in [1.807, 2.05) is 35.0 Å². The average Bonchev–Trinajstić information content (AvgIpc) is 3.19. The molecule has 1 aliphatic heterocycles. The summed E-state index contributed by atoms with van der Waals surface area (Å²) >= 11 is 3.54. The molecule has 0 spiro atoms. The maximum atomic E-state index is 5.49. The Morgan fingerprint density at radius 2 is 2.08 bits per heavy atom. The van der Waals surface area contributed by atoms with Crippen LogP contribution in [0.3, 0.4) is 0 Å². The zero-order valence-electron chi connectivity index (χ0n) is 13.4. The van der Waals surface area contributed by atoms with Crippen LogP contribution in [-0.4, -0.2) is 23.4 Å². The summed E-state index contributed by atoms with van der Waals surface area (Å²) in [6, 6.07) is 16.4. The van der Waals surface area contributed by atoms with Crippen molar-refractivity contribution in [2.75, 3.05) is 19.0 Å². The first kappa shape index (κ1) is 15.3. The molecule has 2 aromatic carbocycles. The average molecular weight is 384 g/mol. The van der Waals surface area contributed by atoms with Gasteiger partial charge in [0.1, 0.15) is 11.6 Å². The van der Waals surface area contributed by atoms with E-state index in [1.165, 1.54) is 5.56 Å². The summed E-state index contributed by atoms with van der Waals surface area (Å²) < 4.78 is 8.55. The summed E-state index contributed by atoms with van der Waals surface area (Å²) in [5.74, 6) is 2.02. The van der Waals surface area contributed by atoms with E-state index in [9.17, 15) is 0 Å². The molecule has 0 unspecified atom stereocenters. The van der Waals surface area contributed by atoms with Gasteiger partial charge in [-0.2, -0.15) is 5.10 Å². The molecule has 5 heteroatoms. The first-order valence-electron chi connectivity index (χ1n) is 7.99. The number of benzene rings is 2. The Kier molecular flexibility index (Phi) is 4.02. The molecule has 3 aromatic rings. The molecular weight excluding hydrogens is 366 g/mol. The van der Waals surface area contributed by atoms with E-state index in [0.29, 0.717) is 0 Å². The van der Waals surface area contributed by atoms with Crippen LogP contribution in [0, 0.1) is 0 Å². The number of ether oxygens (including phenoxy) is 1. The molecule has 1 N–H and O–H groups in total. The van der Waals surface area contributed by atoms with Gasteiger partial charge in [0.15, 0.2) is 0 Å². The number of anilines is 1. The molecule has 4 nitrogen and oxygen atoms in total. The zero-order chi connectivity index (χ0) is 16.5. The fourth-order valence-electron chi connectivity index (χ4n) is 3.21. The molecule has 4 rings (SSSR count). The Morgan fingerprint density at radius 1 is 1.21 bits per heavy atom. The summed E-state index contributed by atoms with van der Waals surface area (Å²) in [4.78, 5) is 0. The van der Waals surface area contributed by atoms with Crippen molar-refractivity contribution < 1.29 is 4.74 Å². The number of hydrogen-bond donors (Lipinski definition) is 1. The molecule has 1 aromatic heterocycles. The van der Waals surface area contributed by atoms with E-state index in [-0.39, 0.29) is 0 Å². The van der Waals surface area contributed by atoms with Crippen LogP contribution in [0.2, 0.25) is 0 Å². The van der Waals surface area contributed by atoms with E-state index in [1.54, 1.807) is 7.11 Å². The number of methoxy groups -OCH3 is 1. The molecule has 2 heterocycles. The van der Waals surface area contributed by atoms with Gasteiger partial charge in [0.25, 0.3) is 0 Å². The molecule has 122 valence electrons. The van der Waals surface area contributed by atoms with Crippen molar-refractivity contribution in [1.82, 2.24) is 9.78 Å². The number of aromatic nitrogens is 2. The third kappa shape index (κ3) is 2.69. The predicted octanol–water partition coefficient (Wildman–Crippen LogP) is 4.20. The summed E-state index contributed by atoms with van der Waals surface area (Å²) in [6.45, 7) is 0.958. The highest BCUT2D eigenvalue weighted by atomic mass is 79.9. The van der Waals surface area contributed by atoms with Crippen molar-refractivity contribution in [2.45, 2.75) is 12.8 Å². The minimum absolute atomic E-state index is 0.773. The number of para-hydroxylation sites is 1. The molecule has 0 amide bonds. The molecule has 0 saturated heterocycles. The lowest BCUT2D eigenvalue weighted by molar-refractivity contribution is 0.410. The second-order valence-electron chi connectivity index (χ2n) is 5.83. The minimum atomic E-state index is 0.773. The lowest BCUT2D eigenvalue weighted by Crippen LogP contribution is -2.05. The minimum Gasteiger partial charge on any atom is -0.496 e. The summed E-state index contributed by atoms with van der Waals surface area (Å²) in [6.07, 6.45) is 1.78. The van der Waals surface area contributed by atoms with Crippen LogP contribution < -0.4 is 10.1 Å². The van der Waals surface area contributed by atoms with Gasteiger partial charge in [-0.1, -0.05) is 40.2 Å². The zero-order valence-corrected chi connectivity index (χ0v) is 15.0. The van der Waals surface area contributed by atoms with Gasteiger partial charge in [-0.25, -0.2) is 4.68 Å². The standard InChI is InChI=1S/C19H18BrN3O/c1-24-18-8-3-2-5-13(18)11-17-16-9-10-21-19(16)23(22-17)15-7-4-6-14(20)12-15/h2-8,12,21H,9-11H2,1H3. The third-order valence-electron chi connectivity index (χ3n) is 4.34. The van der Waals surface area contributed by atoms with E-state index in [2.05, 4.69) is 39.4 Å². The first-order chi connectivity index (χ1) is 11.8. The summed E-state index contributed by atoms with van der Waals surface area (Å²) in [7, 11) is 1.71. The monoisotopic (exact) mass is 383 g/mol. The Hall–Kier alpha value is -2.27. The van der Waals surface area contributed by atoms with Crippen molar-refractivity contribution >= 4 is 21.7 Å². The van der Waals surface area contributed by atoms with E-state index < -0.39 is 0 Å². The Balaban J connectivity index is 1.76. The van der Waals surface area contributed by atoms with Crippen LogP contribution in [0.25, 0.3) is 5.69 Å². The van der Waals surface area contributed by atoms with Crippen LogP contribution >= 0.6 is 15.9 Å². The molecule has 0 atom stereocenters. The predicted molar refractivity (Wildman–Crippen MR) is 99.3 cm³/mol. The van der Waals surface area contributed by atoms with E-state index >= 15 is 0 Å². The van der Waals surface area contributed by atoms with Crippen molar-refractivity contribution in [1.29, 1.82) is 0 Å². The topological polar surface area (TPSA) is 39.1 Å². The molecule has 24 heavy (non-hydrogen) atoms. The highest BCUT2D eigenvalue weighted by Gasteiger charge is 2.23. The molecular formula is C19H18BrN3O. The number of nitrogens with one attached hydrogen (secondary N) is 1. The maximum Gasteiger partial charge on any atom is 0.133 e. The number of rotatable bonds is 4. The van der Waals surface area contributed by atoms with Gasteiger partial charge in [0.05, 0.1) is 18.5 Å². The summed E-state index contributed by atoms with van der Waals surface area (Å²) in [5.41, 5.74) is 4.63. The van der Waals surface area contributed by atoms with Crippen LogP contribution in [0.15, 0.2) is 53.0 Å². The second kappa shape index (κ2) is 6.32. The molecule has 0 bridgehead atoms. The highest BCUT2D eigenvalue weighted by Crippen LogP contribution is 2.32. The largest absolute Gasteiger partial charge is 0.496 e. The van der Waals surface area contributed by atoms with E-state index in [4.69, 9.17) is 9.84 Å². The van der Waals surface area contributed by atoms with Crippen LogP contribution in [0.1, 0.15) is 16.8 Å². The molecule has 1 aliphatic rings. The molecule has 0 fully saturated rings. The molecule has 0 radical (unpaired) electrons. The van der Waals surface area contributed by atoms with Gasteiger partial charge < -0.3 is 10.1 Å².